The van der Waals surface area contributed by atoms with Gasteiger partial charge >= 0.3 is 14.0 Å². The molecule has 0 saturated heterocycles. The van der Waals surface area contributed by atoms with Crippen LogP contribution >= 0.6 is 8.03 Å². The maximum Gasteiger partial charge on any atom is 0.508 e. The minimum absolute atomic E-state index is 0.286. The third kappa shape index (κ3) is 15.4. The van der Waals surface area contributed by atoms with Crippen molar-refractivity contribution in [3.63, 3.8) is 0 Å². The molecule has 0 heterocycles. The average molecular weight is 319 g/mol. The van der Waals surface area contributed by atoms with Crippen LogP contribution < -0.4 is 0 Å². The first kappa shape index (κ1) is 20.2. The van der Waals surface area contributed by atoms with Crippen molar-refractivity contribution >= 4 is 14.0 Å². The van der Waals surface area contributed by atoms with Gasteiger partial charge in [-0.2, -0.15) is 0 Å². The Labute approximate surface area is 129 Å². The second-order valence-corrected chi connectivity index (χ2v) is 7.36. The molecule has 0 aromatic carbocycles. The van der Waals surface area contributed by atoms with E-state index in [2.05, 4.69) is 21.1 Å². The van der Waals surface area contributed by atoms with Gasteiger partial charge in [0, 0.05) is 6.08 Å². The fourth-order valence-electron chi connectivity index (χ4n) is 1.53. The maximum atomic E-state index is 11.6. The zero-order chi connectivity index (χ0) is 16.1. The van der Waals surface area contributed by atoms with Gasteiger partial charge in [-0.05, 0) is 37.2 Å². The normalized spacial score (nSPS) is 12.7. The number of nitrogens with zero attached hydrogens (tertiary/aromatic N) is 1. The Bertz CT molecular complexity index is 337. The molecular formula is C15H30NO4P+2. The molecule has 0 fully saturated rings. The third-order valence-corrected chi connectivity index (χ3v) is 3.93. The molecule has 5 nitrogen and oxygen atoms in total. The first-order valence-corrected chi connectivity index (χ1v) is 8.89. The molecule has 0 saturated carbocycles. The van der Waals surface area contributed by atoms with E-state index >= 15 is 0 Å². The van der Waals surface area contributed by atoms with Crippen molar-refractivity contribution in [3.05, 3.63) is 12.2 Å². The molecule has 0 aliphatic carbocycles. The molecule has 1 unspecified atom stereocenters. The SMILES string of the molecule is CC=CC(=O)OCCCCCC[P+](=O)OCC[N+](C)(C)C. The third-order valence-electron chi connectivity index (χ3n) is 2.78. The topological polar surface area (TPSA) is 52.6 Å². The van der Waals surface area contributed by atoms with Gasteiger partial charge in [-0.3, -0.25) is 0 Å². The second-order valence-electron chi connectivity index (χ2n) is 5.99. The van der Waals surface area contributed by atoms with Crippen LogP contribution in [0.1, 0.15) is 32.6 Å². The lowest BCUT2D eigenvalue weighted by Crippen LogP contribution is -2.37. The summed E-state index contributed by atoms with van der Waals surface area (Å²) in [5, 5.41) is 0. The zero-order valence-corrected chi connectivity index (χ0v) is 14.7. The van der Waals surface area contributed by atoms with E-state index in [0.29, 0.717) is 19.4 Å². The van der Waals surface area contributed by atoms with Gasteiger partial charge in [0.15, 0.2) is 12.8 Å². The van der Waals surface area contributed by atoms with Gasteiger partial charge in [-0.1, -0.05) is 6.08 Å². The highest BCUT2D eigenvalue weighted by molar-refractivity contribution is 7.39. The van der Waals surface area contributed by atoms with Crippen LogP contribution in [-0.2, 0) is 18.6 Å². The fraction of sp³-hybridized carbons (Fsp3) is 0.800. The first-order valence-electron chi connectivity index (χ1n) is 7.52. The molecule has 1 atom stereocenters. The number of ether oxygens (including phenoxy) is 1. The van der Waals surface area contributed by atoms with Crippen molar-refractivity contribution in [1.29, 1.82) is 0 Å². The summed E-state index contributed by atoms with van der Waals surface area (Å²) in [6.07, 6.45) is 7.40. The van der Waals surface area contributed by atoms with Crippen LogP contribution in [0.4, 0.5) is 0 Å². The van der Waals surface area contributed by atoms with Crippen molar-refractivity contribution in [3.8, 4) is 0 Å². The van der Waals surface area contributed by atoms with Gasteiger partial charge in [-0.25, -0.2) is 4.79 Å². The smallest absolute Gasteiger partial charge is 0.463 e. The molecule has 0 amide bonds. The molecule has 122 valence electrons. The van der Waals surface area contributed by atoms with Crippen LogP contribution in [0, 0.1) is 0 Å². The van der Waals surface area contributed by atoms with Crippen LogP contribution in [0.5, 0.6) is 0 Å². The number of quaternary nitrogens is 1. The lowest BCUT2D eigenvalue weighted by molar-refractivity contribution is -0.870. The predicted octanol–water partition coefficient (Wildman–Crippen LogP) is 3.13. The quantitative estimate of drug-likeness (QED) is 0.182. The Morgan fingerprint density at radius 3 is 2.38 bits per heavy atom. The van der Waals surface area contributed by atoms with Gasteiger partial charge in [0.25, 0.3) is 0 Å². The number of hydrogen-bond donors (Lipinski definition) is 0. The van der Waals surface area contributed by atoms with Crippen LogP contribution in [0.25, 0.3) is 0 Å². The van der Waals surface area contributed by atoms with E-state index in [1.165, 1.54) is 6.08 Å². The monoisotopic (exact) mass is 319 g/mol. The Kier molecular flexibility index (Phi) is 11.4. The zero-order valence-electron chi connectivity index (χ0n) is 13.8. The molecule has 0 aromatic heterocycles. The molecule has 0 N–H and O–H groups in total. The van der Waals surface area contributed by atoms with Gasteiger partial charge in [0.05, 0.1) is 27.7 Å². The molecule has 6 heteroatoms. The summed E-state index contributed by atoms with van der Waals surface area (Å²) in [6, 6.07) is 0. The minimum Gasteiger partial charge on any atom is -0.463 e. The van der Waals surface area contributed by atoms with E-state index in [-0.39, 0.29) is 5.97 Å². The van der Waals surface area contributed by atoms with Gasteiger partial charge in [0.1, 0.15) is 6.54 Å². The molecular weight excluding hydrogens is 289 g/mol. The van der Waals surface area contributed by atoms with Crippen molar-refractivity contribution in [1.82, 2.24) is 0 Å². The molecule has 0 rings (SSSR count). The van der Waals surface area contributed by atoms with E-state index < -0.39 is 8.03 Å². The number of esters is 1. The molecule has 0 radical (unpaired) electrons. The fourth-order valence-corrected chi connectivity index (χ4v) is 2.43. The maximum absolute atomic E-state index is 11.6. The number of likely N-dealkylation sites (N-methyl/N-ethyl adjacent to an activating group) is 1. The number of carbonyl (C=O) groups is 1. The molecule has 0 bridgehead atoms. The summed E-state index contributed by atoms with van der Waals surface area (Å²) in [7, 11) is 4.72. The highest BCUT2D eigenvalue weighted by atomic mass is 31.1. The molecule has 0 aliphatic rings. The summed E-state index contributed by atoms with van der Waals surface area (Å²) in [5.41, 5.74) is 0. The van der Waals surface area contributed by atoms with Crippen LogP contribution in [-0.4, -0.2) is 57.5 Å². The summed E-state index contributed by atoms with van der Waals surface area (Å²) < 4.78 is 22.7. The van der Waals surface area contributed by atoms with Crippen molar-refractivity contribution in [2.45, 2.75) is 32.6 Å². The standard InChI is InChI=1S/C15H30NO4P/c1-5-10-15(17)19-12-8-6-7-9-14-21(18)20-13-11-16(2,3)4/h5,10H,6-9,11-14H2,1-4H3/q+2. The molecule has 21 heavy (non-hydrogen) atoms. The van der Waals surface area contributed by atoms with Crippen molar-refractivity contribution < 1.29 is 23.1 Å². The van der Waals surface area contributed by atoms with Crippen LogP contribution in [0.15, 0.2) is 12.2 Å². The Morgan fingerprint density at radius 2 is 1.76 bits per heavy atom. The van der Waals surface area contributed by atoms with Gasteiger partial charge in [0.2, 0.25) is 0 Å². The highest BCUT2D eigenvalue weighted by Crippen LogP contribution is 2.24. The van der Waals surface area contributed by atoms with E-state index in [1.54, 1.807) is 13.0 Å². The Balaban J connectivity index is 3.38. The van der Waals surface area contributed by atoms with Crippen molar-refractivity contribution in [2.75, 3.05) is 47.1 Å². The number of hydrogen-bond acceptors (Lipinski definition) is 4. The second kappa shape index (κ2) is 11.8. The van der Waals surface area contributed by atoms with Crippen LogP contribution in [0.2, 0.25) is 0 Å². The number of unbranched alkanes of at least 4 members (excludes halogenated alkanes) is 3. The predicted molar refractivity (Wildman–Crippen MR) is 85.6 cm³/mol. The summed E-state index contributed by atoms with van der Waals surface area (Å²) in [5.74, 6) is -0.286. The lowest BCUT2D eigenvalue weighted by Gasteiger charge is -2.21. The van der Waals surface area contributed by atoms with Crippen LogP contribution in [0.3, 0.4) is 0 Å². The van der Waals surface area contributed by atoms with E-state index in [0.717, 1.165) is 36.7 Å². The molecule has 0 aliphatic heterocycles. The van der Waals surface area contributed by atoms with E-state index in [4.69, 9.17) is 9.26 Å². The highest BCUT2D eigenvalue weighted by Gasteiger charge is 2.18. The largest absolute Gasteiger partial charge is 0.508 e. The number of allylic oxidation sites excluding steroid dienone is 1. The molecule has 0 spiro atoms. The van der Waals surface area contributed by atoms with Crippen molar-refractivity contribution in [2.24, 2.45) is 0 Å². The van der Waals surface area contributed by atoms with Gasteiger partial charge < -0.3 is 9.22 Å². The first-order chi connectivity index (χ1) is 9.85. The Hall–Kier alpha value is -0.770. The van der Waals surface area contributed by atoms with Gasteiger partial charge in [-0.15, -0.1) is 4.52 Å². The summed E-state index contributed by atoms with van der Waals surface area (Å²) >= 11 is 0. The minimum atomic E-state index is -1.53. The summed E-state index contributed by atoms with van der Waals surface area (Å²) in [4.78, 5) is 11.0. The van der Waals surface area contributed by atoms with E-state index in [9.17, 15) is 9.36 Å². The number of carbonyl (C=O) groups excluding carboxylic acids is 1. The molecule has 0 aromatic rings. The Morgan fingerprint density at radius 1 is 1.10 bits per heavy atom. The average Bonchev–Trinajstić information content (AvgIpc) is 2.36. The number of rotatable bonds is 12. The summed E-state index contributed by atoms with van der Waals surface area (Å²) in [6.45, 7) is 3.64. The lowest BCUT2D eigenvalue weighted by atomic mass is 10.2. The van der Waals surface area contributed by atoms with E-state index in [1.807, 2.05) is 0 Å².